The first-order valence-corrected chi connectivity index (χ1v) is 3.58. The van der Waals surface area contributed by atoms with Crippen molar-refractivity contribution in [3.05, 3.63) is 34.4 Å². The summed E-state index contributed by atoms with van der Waals surface area (Å²) in [5, 5.41) is 0. The van der Waals surface area contributed by atoms with Gasteiger partial charge in [-0.1, -0.05) is 0 Å². The lowest BCUT2D eigenvalue weighted by Gasteiger charge is -1.95. The lowest BCUT2D eigenvalue weighted by atomic mass is 10.3. The quantitative estimate of drug-likeness (QED) is 0.616. The Kier molecular flexibility index (Phi) is 1.40. The van der Waals surface area contributed by atoms with Crippen LogP contribution in [0.1, 0.15) is 5.69 Å². The number of hydrogen-bond acceptors (Lipinski definition) is 3. The minimum atomic E-state index is -0.201. The first-order chi connectivity index (χ1) is 5.75. The van der Waals surface area contributed by atoms with Gasteiger partial charge in [-0.15, -0.1) is 0 Å². The summed E-state index contributed by atoms with van der Waals surface area (Å²) in [5.74, 6) is 0. The Morgan fingerprint density at radius 3 is 3.08 bits per heavy atom. The molecule has 2 aromatic rings. The first-order valence-electron chi connectivity index (χ1n) is 3.58. The van der Waals surface area contributed by atoms with E-state index in [1.54, 1.807) is 6.07 Å². The molecular formula is C8H7N3O. The number of fused-ring (bicyclic) bond motifs is 1. The van der Waals surface area contributed by atoms with E-state index in [1.165, 1.54) is 6.20 Å². The number of pyridine rings is 1. The molecule has 2 aromatic heterocycles. The van der Waals surface area contributed by atoms with Gasteiger partial charge in [0.25, 0.3) is 5.56 Å². The monoisotopic (exact) mass is 161 g/mol. The maximum Gasteiger partial charge on any atom is 0.266 e. The largest absolute Gasteiger partial charge is 0.318 e. The molecule has 1 N–H and O–H groups in total. The number of H-pyrrole nitrogens is 1. The van der Waals surface area contributed by atoms with E-state index in [0.29, 0.717) is 11.2 Å². The molecular weight excluding hydrogens is 154 g/mol. The third kappa shape index (κ3) is 1.07. The molecule has 0 unspecified atom stereocenters. The summed E-state index contributed by atoms with van der Waals surface area (Å²) in [6.07, 6.45) is 1.23. The Morgan fingerprint density at radius 2 is 2.25 bits per heavy atom. The molecule has 4 nitrogen and oxygen atoms in total. The fourth-order valence-corrected chi connectivity index (χ4v) is 1.02. The number of aryl methyl sites for hydroxylation is 1. The Bertz CT molecular complexity index is 475. The minimum absolute atomic E-state index is 0.201. The second kappa shape index (κ2) is 2.41. The second-order valence-corrected chi connectivity index (χ2v) is 2.57. The molecule has 4 heteroatoms. The molecule has 0 radical (unpaired) electrons. The Hall–Kier alpha value is -1.71. The zero-order chi connectivity index (χ0) is 8.55. The van der Waals surface area contributed by atoms with Crippen LogP contribution >= 0.6 is 0 Å². The van der Waals surface area contributed by atoms with E-state index in [0.717, 1.165) is 5.69 Å². The van der Waals surface area contributed by atoms with Crippen molar-refractivity contribution in [1.82, 2.24) is 15.0 Å². The maximum absolute atomic E-state index is 10.8. The normalized spacial score (nSPS) is 10.4. The molecule has 0 spiro atoms. The molecule has 0 amide bonds. The number of nitrogens with one attached hydrogen (secondary N) is 1. The van der Waals surface area contributed by atoms with Gasteiger partial charge in [0.2, 0.25) is 0 Å². The van der Waals surface area contributed by atoms with Crippen molar-refractivity contribution in [2.24, 2.45) is 0 Å². The molecule has 0 aromatic carbocycles. The molecule has 0 saturated carbocycles. The van der Waals surface area contributed by atoms with Crippen LogP contribution in [0.3, 0.4) is 0 Å². The van der Waals surface area contributed by atoms with Gasteiger partial charge < -0.3 is 4.98 Å². The van der Waals surface area contributed by atoms with E-state index in [4.69, 9.17) is 0 Å². The van der Waals surface area contributed by atoms with Gasteiger partial charge in [-0.3, -0.25) is 4.79 Å². The van der Waals surface area contributed by atoms with Crippen LogP contribution < -0.4 is 5.56 Å². The molecule has 2 rings (SSSR count). The highest BCUT2D eigenvalue weighted by Crippen LogP contribution is 2.02. The Balaban J connectivity index is 2.87. The summed E-state index contributed by atoms with van der Waals surface area (Å²) < 4.78 is 0. The predicted octanol–water partition coefficient (Wildman–Crippen LogP) is 0.627. The van der Waals surface area contributed by atoms with Crippen molar-refractivity contribution < 1.29 is 0 Å². The van der Waals surface area contributed by atoms with Crippen molar-refractivity contribution in [3.8, 4) is 0 Å². The second-order valence-electron chi connectivity index (χ2n) is 2.57. The molecule has 0 aliphatic carbocycles. The zero-order valence-corrected chi connectivity index (χ0v) is 6.53. The third-order valence-electron chi connectivity index (χ3n) is 1.58. The van der Waals surface area contributed by atoms with Gasteiger partial charge in [-0.2, -0.15) is 0 Å². The number of rotatable bonds is 0. The van der Waals surface area contributed by atoms with Crippen molar-refractivity contribution in [2.45, 2.75) is 6.92 Å². The Morgan fingerprint density at radius 1 is 1.42 bits per heavy atom. The van der Waals surface area contributed by atoms with Crippen LogP contribution in [-0.4, -0.2) is 15.0 Å². The highest BCUT2D eigenvalue weighted by Gasteiger charge is 1.95. The fourth-order valence-electron chi connectivity index (χ4n) is 1.02. The van der Waals surface area contributed by atoms with Crippen molar-refractivity contribution >= 4 is 11.2 Å². The standard InChI is InChI=1S/C8H7N3O/c1-5-2-3-6-8(10-5)9-4-7(12)11-6/h2-4H,1H3,(H,11,12). The van der Waals surface area contributed by atoms with Gasteiger partial charge in [0, 0.05) is 5.69 Å². The molecule has 12 heavy (non-hydrogen) atoms. The van der Waals surface area contributed by atoms with Crippen molar-refractivity contribution in [1.29, 1.82) is 0 Å². The number of hydrogen-bond donors (Lipinski definition) is 1. The molecule has 0 bridgehead atoms. The van der Waals surface area contributed by atoms with E-state index in [1.807, 2.05) is 13.0 Å². The lowest BCUT2D eigenvalue weighted by molar-refractivity contribution is 1.14. The van der Waals surface area contributed by atoms with Crippen LogP contribution in [0.15, 0.2) is 23.1 Å². The summed E-state index contributed by atoms with van der Waals surface area (Å²) in [6, 6.07) is 3.63. The summed E-state index contributed by atoms with van der Waals surface area (Å²) in [5.41, 5.74) is 1.94. The van der Waals surface area contributed by atoms with Gasteiger partial charge in [-0.25, -0.2) is 9.97 Å². The molecule has 0 fully saturated rings. The average molecular weight is 161 g/mol. The molecule has 0 atom stereocenters. The van der Waals surface area contributed by atoms with Gasteiger partial charge in [0.1, 0.15) is 0 Å². The molecule has 60 valence electrons. The van der Waals surface area contributed by atoms with Crippen molar-refractivity contribution in [2.75, 3.05) is 0 Å². The van der Waals surface area contributed by atoms with Crippen LogP contribution in [0.4, 0.5) is 0 Å². The highest BCUT2D eigenvalue weighted by atomic mass is 16.1. The van der Waals surface area contributed by atoms with E-state index in [9.17, 15) is 4.79 Å². The van der Waals surface area contributed by atoms with Gasteiger partial charge in [0.05, 0.1) is 11.7 Å². The van der Waals surface area contributed by atoms with E-state index in [2.05, 4.69) is 15.0 Å². The summed E-state index contributed by atoms with van der Waals surface area (Å²) >= 11 is 0. The van der Waals surface area contributed by atoms with E-state index < -0.39 is 0 Å². The average Bonchev–Trinajstić information content (AvgIpc) is 2.05. The number of aromatic amines is 1. The minimum Gasteiger partial charge on any atom is -0.318 e. The van der Waals surface area contributed by atoms with Gasteiger partial charge >= 0.3 is 0 Å². The first kappa shape index (κ1) is 6.97. The topological polar surface area (TPSA) is 58.6 Å². The van der Waals surface area contributed by atoms with Gasteiger partial charge in [-0.05, 0) is 19.1 Å². The van der Waals surface area contributed by atoms with Crippen LogP contribution in [0, 0.1) is 6.92 Å². The van der Waals surface area contributed by atoms with E-state index >= 15 is 0 Å². The Labute approximate surface area is 68.3 Å². The smallest absolute Gasteiger partial charge is 0.266 e. The SMILES string of the molecule is Cc1ccc2[nH]c(=O)cnc2n1. The predicted molar refractivity (Wildman–Crippen MR) is 44.9 cm³/mol. The molecule has 0 aliphatic heterocycles. The van der Waals surface area contributed by atoms with Crippen LogP contribution in [0.2, 0.25) is 0 Å². The van der Waals surface area contributed by atoms with Crippen LogP contribution in [0.5, 0.6) is 0 Å². The summed E-state index contributed by atoms with van der Waals surface area (Å²) in [6.45, 7) is 1.88. The fraction of sp³-hybridized carbons (Fsp3) is 0.125. The van der Waals surface area contributed by atoms with Crippen LogP contribution in [-0.2, 0) is 0 Å². The lowest BCUT2D eigenvalue weighted by Crippen LogP contribution is -2.05. The maximum atomic E-state index is 10.8. The van der Waals surface area contributed by atoms with Crippen molar-refractivity contribution in [3.63, 3.8) is 0 Å². The zero-order valence-electron chi connectivity index (χ0n) is 6.53. The van der Waals surface area contributed by atoms with Crippen LogP contribution in [0.25, 0.3) is 11.2 Å². The number of nitrogens with zero attached hydrogens (tertiary/aromatic N) is 2. The molecule has 2 heterocycles. The summed E-state index contributed by atoms with van der Waals surface area (Å²) in [4.78, 5) is 21.5. The van der Waals surface area contributed by atoms with Gasteiger partial charge in [0.15, 0.2) is 5.65 Å². The number of aromatic nitrogens is 3. The molecule has 0 aliphatic rings. The van der Waals surface area contributed by atoms with E-state index in [-0.39, 0.29) is 5.56 Å². The molecule has 0 saturated heterocycles. The summed E-state index contributed by atoms with van der Waals surface area (Å²) in [7, 11) is 0. The highest BCUT2D eigenvalue weighted by molar-refractivity contribution is 5.68. The third-order valence-corrected chi connectivity index (χ3v) is 1.58.